The Hall–Kier alpha value is -5.39. The number of ether oxygens (including phenoxy) is 1. The molecule has 0 aliphatic heterocycles. The number of esters is 1. The minimum Gasteiger partial charge on any atom is -0.465 e. The summed E-state index contributed by atoms with van der Waals surface area (Å²) in [4.78, 5) is 55.8. The van der Waals surface area contributed by atoms with Gasteiger partial charge in [-0.2, -0.15) is 0 Å². The van der Waals surface area contributed by atoms with Crippen molar-refractivity contribution in [3.8, 4) is 0 Å². The van der Waals surface area contributed by atoms with Crippen LogP contribution < -0.4 is 16.0 Å². The number of thiophene rings is 1. The van der Waals surface area contributed by atoms with Gasteiger partial charge in [-0.25, -0.2) is 4.79 Å². The summed E-state index contributed by atoms with van der Waals surface area (Å²) >= 11 is 2.77. The molecule has 3 aromatic carbocycles. The van der Waals surface area contributed by atoms with Crippen molar-refractivity contribution in [2.24, 2.45) is 11.3 Å². The number of anilines is 2. The van der Waals surface area contributed by atoms with Crippen molar-refractivity contribution in [2.45, 2.75) is 50.2 Å². The van der Waals surface area contributed by atoms with E-state index in [0.29, 0.717) is 38.4 Å². The summed E-state index contributed by atoms with van der Waals surface area (Å²) in [5, 5.41) is 8.48. The molecule has 0 saturated heterocycles. The van der Waals surface area contributed by atoms with Crippen molar-refractivity contribution >= 4 is 63.6 Å². The Morgan fingerprint density at radius 2 is 1.66 bits per heavy atom. The van der Waals surface area contributed by atoms with E-state index >= 15 is 0 Å². The number of thioether (sulfide) groups is 1. The van der Waals surface area contributed by atoms with Crippen LogP contribution in [0.4, 0.5) is 10.7 Å². The van der Waals surface area contributed by atoms with E-state index in [1.165, 1.54) is 42.5 Å². The second-order valence-electron chi connectivity index (χ2n) is 13.8. The monoisotopic (exact) mass is 747 g/mol. The van der Waals surface area contributed by atoms with E-state index in [4.69, 9.17) is 9.15 Å². The highest BCUT2D eigenvalue weighted by molar-refractivity contribution is 8.00. The van der Waals surface area contributed by atoms with Gasteiger partial charge in [0, 0.05) is 27.1 Å². The average Bonchev–Trinajstić information content (AvgIpc) is 3.81. The van der Waals surface area contributed by atoms with Crippen LogP contribution in [0.25, 0.3) is 6.08 Å². The molecule has 0 spiro atoms. The van der Waals surface area contributed by atoms with Gasteiger partial charge >= 0.3 is 5.97 Å². The van der Waals surface area contributed by atoms with Gasteiger partial charge in [0.25, 0.3) is 11.8 Å². The molecule has 0 fully saturated rings. The van der Waals surface area contributed by atoms with Gasteiger partial charge in [0.15, 0.2) is 0 Å². The van der Waals surface area contributed by atoms with Crippen LogP contribution in [-0.2, 0) is 27.2 Å². The Morgan fingerprint density at radius 1 is 0.925 bits per heavy atom. The quantitative estimate of drug-likeness (QED) is 0.0699. The predicted molar refractivity (Wildman–Crippen MR) is 210 cm³/mol. The lowest BCUT2D eigenvalue weighted by Gasteiger charge is -2.33. The molecule has 2 unspecified atom stereocenters. The van der Waals surface area contributed by atoms with Crippen LogP contribution >= 0.6 is 23.1 Å². The number of carbonyl (C=O) groups is 4. The van der Waals surface area contributed by atoms with Crippen molar-refractivity contribution < 1.29 is 28.3 Å². The van der Waals surface area contributed by atoms with E-state index < -0.39 is 23.0 Å². The van der Waals surface area contributed by atoms with Gasteiger partial charge in [-0.15, -0.1) is 23.1 Å². The maximum atomic E-state index is 14.2. The largest absolute Gasteiger partial charge is 0.465 e. The lowest BCUT2D eigenvalue weighted by Crippen LogP contribution is -2.30. The number of benzene rings is 3. The first-order chi connectivity index (χ1) is 25.5. The second-order valence-corrected chi connectivity index (χ2v) is 16.1. The van der Waals surface area contributed by atoms with Crippen LogP contribution in [0, 0.1) is 11.3 Å². The van der Waals surface area contributed by atoms with Gasteiger partial charge in [0.1, 0.15) is 21.7 Å². The zero-order valence-electron chi connectivity index (χ0n) is 29.9. The lowest BCUT2D eigenvalue weighted by molar-refractivity contribution is -0.116. The number of amides is 3. The molecule has 6 rings (SSSR count). The number of rotatable bonds is 11. The number of hydrogen-bond donors (Lipinski definition) is 3. The fourth-order valence-electron chi connectivity index (χ4n) is 6.25. The first kappa shape index (κ1) is 37.4. The topological polar surface area (TPSA) is 127 Å². The summed E-state index contributed by atoms with van der Waals surface area (Å²) in [5.41, 5.74) is 3.13. The van der Waals surface area contributed by atoms with E-state index in [-0.39, 0.29) is 17.0 Å². The highest BCUT2D eigenvalue weighted by atomic mass is 32.2. The fourth-order valence-corrected chi connectivity index (χ4v) is 8.65. The van der Waals surface area contributed by atoms with E-state index in [9.17, 15) is 19.2 Å². The van der Waals surface area contributed by atoms with Gasteiger partial charge in [-0.05, 0) is 84.2 Å². The zero-order chi connectivity index (χ0) is 37.5. The maximum absolute atomic E-state index is 14.2. The van der Waals surface area contributed by atoms with Gasteiger partial charge < -0.3 is 25.1 Å². The molecule has 1 aliphatic rings. The molecule has 11 heteroatoms. The molecule has 3 amide bonds. The molecule has 272 valence electrons. The number of furan rings is 1. The lowest BCUT2D eigenvalue weighted by atomic mass is 9.72. The van der Waals surface area contributed by atoms with Crippen LogP contribution in [0.1, 0.15) is 74.9 Å². The third kappa shape index (κ3) is 9.16. The first-order valence-electron chi connectivity index (χ1n) is 17.3. The minimum atomic E-state index is -0.700. The molecule has 5 aromatic rings. The van der Waals surface area contributed by atoms with E-state index in [1.807, 2.05) is 36.4 Å². The molecular weight excluding hydrogens is 707 g/mol. The van der Waals surface area contributed by atoms with Crippen LogP contribution in [-0.4, -0.2) is 30.8 Å². The number of hydrogen-bond acceptors (Lipinski definition) is 8. The fraction of sp³-hybridized carbons (Fsp3) is 0.238. The predicted octanol–water partition coefficient (Wildman–Crippen LogP) is 9.16. The third-order valence-electron chi connectivity index (χ3n) is 9.16. The van der Waals surface area contributed by atoms with E-state index in [2.05, 4.69) is 36.7 Å². The third-order valence-corrected chi connectivity index (χ3v) is 11.6. The average molecular weight is 748 g/mol. The molecule has 9 nitrogen and oxygen atoms in total. The number of methoxy groups -OCH3 is 1. The summed E-state index contributed by atoms with van der Waals surface area (Å²) in [7, 11) is 1.36. The Labute approximate surface area is 317 Å². The first-order valence-corrected chi connectivity index (χ1v) is 19.0. The SMILES string of the molecule is COC(=O)c1c(NC(=O)C(Sc2cccc(NC(=O)/C(=C/c3ccco3)NC(=O)c3ccccc3)c2)c2ccccc2)sc2c1CCC(C(C)(C)C)C2. The zero-order valence-corrected chi connectivity index (χ0v) is 31.6. The summed E-state index contributed by atoms with van der Waals surface area (Å²) in [6.07, 6.45) is 5.48. The molecule has 0 radical (unpaired) electrons. The Kier molecular flexibility index (Phi) is 11.6. The molecule has 0 bridgehead atoms. The molecule has 53 heavy (non-hydrogen) atoms. The summed E-state index contributed by atoms with van der Waals surface area (Å²) in [6, 6.07) is 28.5. The van der Waals surface area contributed by atoms with Gasteiger partial charge in [0.05, 0.1) is 18.9 Å². The molecule has 2 heterocycles. The minimum absolute atomic E-state index is 0.0118. The standard InChI is InChI=1S/C42H41N3O6S2/c1-42(2,3)28-20-21-32-34(23-28)53-40(35(32)41(49)50-4)45-39(48)36(26-13-7-5-8-14-26)52-31-19-11-17-29(24-31)43-38(47)33(25-30-18-12-22-51-30)44-37(46)27-15-9-6-10-16-27/h5-19,22,24-25,28,36H,20-21,23H2,1-4H3,(H,43,47)(H,44,46)(H,45,48)/b33-25-. The van der Waals surface area contributed by atoms with Crippen LogP contribution in [0.2, 0.25) is 0 Å². The van der Waals surface area contributed by atoms with Crippen LogP contribution in [0.3, 0.4) is 0 Å². The summed E-state index contributed by atoms with van der Waals surface area (Å²) < 4.78 is 10.6. The van der Waals surface area contributed by atoms with Crippen molar-refractivity contribution in [3.05, 3.63) is 142 Å². The highest BCUT2D eigenvalue weighted by Crippen LogP contribution is 2.45. The summed E-state index contributed by atoms with van der Waals surface area (Å²) in [6.45, 7) is 6.72. The van der Waals surface area contributed by atoms with Gasteiger partial charge in [-0.1, -0.05) is 75.4 Å². The van der Waals surface area contributed by atoms with Gasteiger partial charge in [0.2, 0.25) is 5.91 Å². The Morgan fingerprint density at radius 3 is 2.34 bits per heavy atom. The Bertz CT molecular complexity index is 2120. The van der Waals surface area contributed by atoms with Crippen molar-refractivity contribution in [1.29, 1.82) is 0 Å². The van der Waals surface area contributed by atoms with Crippen LogP contribution in [0.15, 0.2) is 118 Å². The molecule has 1 aliphatic carbocycles. The molecule has 2 aromatic heterocycles. The molecule has 2 atom stereocenters. The normalized spacial score (nSPS) is 14.8. The molecule has 0 saturated carbocycles. The number of fused-ring (bicyclic) bond motifs is 1. The Balaban J connectivity index is 1.24. The van der Waals surface area contributed by atoms with Crippen molar-refractivity contribution in [2.75, 3.05) is 17.7 Å². The number of nitrogens with one attached hydrogen (secondary N) is 3. The molecular formula is C42H41N3O6S2. The molecule has 3 N–H and O–H groups in total. The van der Waals surface area contributed by atoms with Crippen LogP contribution in [0.5, 0.6) is 0 Å². The smallest absolute Gasteiger partial charge is 0.341 e. The second kappa shape index (κ2) is 16.5. The van der Waals surface area contributed by atoms with E-state index in [1.54, 1.807) is 60.7 Å². The van der Waals surface area contributed by atoms with Gasteiger partial charge in [-0.3, -0.25) is 14.4 Å². The highest BCUT2D eigenvalue weighted by Gasteiger charge is 2.35. The van der Waals surface area contributed by atoms with Crippen molar-refractivity contribution in [1.82, 2.24) is 5.32 Å². The number of carbonyl (C=O) groups excluding carboxylic acids is 4. The van der Waals surface area contributed by atoms with E-state index in [0.717, 1.165) is 35.3 Å². The maximum Gasteiger partial charge on any atom is 0.341 e. The summed E-state index contributed by atoms with van der Waals surface area (Å²) in [5.74, 6) is -0.911. The van der Waals surface area contributed by atoms with Crippen molar-refractivity contribution in [3.63, 3.8) is 0 Å².